The molecule has 0 amide bonds. The maximum atomic E-state index is 8.62. The van der Waals surface area contributed by atoms with Crippen molar-refractivity contribution in [3.8, 4) is 0 Å². The van der Waals surface area contributed by atoms with Crippen molar-refractivity contribution in [1.29, 1.82) is 0 Å². The lowest BCUT2D eigenvalue weighted by Crippen LogP contribution is -2.46. The van der Waals surface area contributed by atoms with Crippen molar-refractivity contribution in [1.82, 2.24) is 4.90 Å². The standard InChI is InChI=1S/C14H21N3O.C9H8S.4C2H6/c1-13(15-18)7-8-16-9-11-17(12-10-16)14-5-3-2-4-6-14;1-7-2-3-9-8(6-7)4-5-10-9;4*1-2/h2-6,18H,7-12H2,1H3;2-6H,1H3;4*1-2H3/b15-13+;;;;;. The molecule has 0 bridgehead atoms. The van der Waals surface area contributed by atoms with E-state index in [9.17, 15) is 0 Å². The number of hydrogen-bond donors (Lipinski definition) is 1. The number of para-hydroxylation sites is 1. The third-order valence-electron chi connectivity index (χ3n) is 5.06. The van der Waals surface area contributed by atoms with Crippen molar-refractivity contribution in [3.05, 3.63) is 65.5 Å². The molecule has 0 aliphatic carbocycles. The summed E-state index contributed by atoms with van der Waals surface area (Å²) in [6.07, 6.45) is 0.849. The number of piperazine rings is 1. The van der Waals surface area contributed by atoms with Crippen LogP contribution in [0.15, 0.2) is 65.1 Å². The smallest absolute Gasteiger partial charge is 0.0552 e. The first kappa shape index (κ1) is 35.8. The molecule has 1 aliphatic rings. The Morgan fingerprint density at radius 2 is 1.42 bits per heavy atom. The topological polar surface area (TPSA) is 39.1 Å². The van der Waals surface area contributed by atoms with E-state index in [1.807, 2.05) is 62.3 Å². The number of thiophene rings is 1. The lowest BCUT2D eigenvalue weighted by molar-refractivity contribution is 0.262. The number of oxime groups is 1. The van der Waals surface area contributed by atoms with Crippen molar-refractivity contribution in [3.63, 3.8) is 0 Å². The minimum atomic E-state index is 0.806. The fourth-order valence-electron chi connectivity index (χ4n) is 3.32. The Morgan fingerprint density at radius 3 is 1.97 bits per heavy atom. The first-order valence-corrected chi connectivity index (χ1v) is 14.7. The first-order chi connectivity index (χ1) is 17.7. The molecule has 1 fully saturated rings. The molecule has 0 saturated carbocycles. The molecule has 0 atom stereocenters. The van der Waals surface area contributed by atoms with Gasteiger partial charge >= 0.3 is 0 Å². The van der Waals surface area contributed by atoms with Crippen molar-refractivity contribution < 1.29 is 5.21 Å². The zero-order valence-corrected chi connectivity index (χ0v) is 25.5. The lowest BCUT2D eigenvalue weighted by atomic mass is 10.2. The summed E-state index contributed by atoms with van der Waals surface area (Å²) in [7, 11) is 0. The van der Waals surface area contributed by atoms with E-state index in [2.05, 4.69) is 81.9 Å². The molecular formula is C31H53N3OS. The van der Waals surface area contributed by atoms with Crippen molar-refractivity contribution in [2.45, 2.75) is 75.7 Å². The first-order valence-electron chi connectivity index (χ1n) is 13.8. The van der Waals surface area contributed by atoms with Gasteiger partial charge in [0.2, 0.25) is 0 Å². The molecule has 2 heterocycles. The molecule has 4 rings (SSSR count). The SMILES string of the molecule is C/C(CCN1CCN(c2ccccc2)CC1)=N\O.CC.CC.CC.CC.Cc1ccc2sccc2c1. The zero-order valence-electron chi connectivity index (χ0n) is 24.7. The van der Waals surface area contributed by atoms with Crippen LogP contribution >= 0.6 is 11.3 Å². The van der Waals surface area contributed by atoms with Gasteiger partial charge in [0.05, 0.1) is 5.71 Å². The van der Waals surface area contributed by atoms with Crippen molar-refractivity contribution >= 4 is 32.8 Å². The van der Waals surface area contributed by atoms with Crippen LogP contribution in [0.2, 0.25) is 0 Å². The summed E-state index contributed by atoms with van der Waals surface area (Å²) in [5.41, 5.74) is 3.46. The lowest BCUT2D eigenvalue weighted by Gasteiger charge is -2.36. The van der Waals surface area contributed by atoms with E-state index in [4.69, 9.17) is 5.21 Å². The minimum Gasteiger partial charge on any atom is -0.411 e. The van der Waals surface area contributed by atoms with Crippen LogP contribution in [-0.4, -0.2) is 48.5 Å². The van der Waals surface area contributed by atoms with Crippen LogP contribution in [-0.2, 0) is 0 Å². The highest BCUT2D eigenvalue weighted by Gasteiger charge is 2.16. The number of aryl methyl sites for hydroxylation is 1. The van der Waals surface area contributed by atoms with Crippen LogP contribution in [0.3, 0.4) is 0 Å². The molecule has 36 heavy (non-hydrogen) atoms. The number of nitrogens with zero attached hydrogens (tertiary/aromatic N) is 3. The van der Waals surface area contributed by atoms with Gasteiger partial charge in [-0.2, -0.15) is 0 Å². The van der Waals surface area contributed by atoms with Gasteiger partial charge in [0.25, 0.3) is 0 Å². The van der Waals surface area contributed by atoms with Gasteiger partial charge in [-0.05, 0) is 48.9 Å². The summed E-state index contributed by atoms with van der Waals surface area (Å²) in [5.74, 6) is 0. The molecule has 0 unspecified atom stereocenters. The Hall–Kier alpha value is -2.37. The average molecular weight is 516 g/mol. The van der Waals surface area contributed by atoms with E-state index < -0.39 is 0 Å². The predicted molar refractivity (Wildman–Crippen MR) is 167 cm³/mol. The van der Waals surface area contributed by atoms with Gasteiger partial charge in [-0.15, -0.1) is 11.3 Å². The van der Waals surface area contributed by atoms with E-state index >= 15 is 0 Å². The fraction of sp³-hybridized carbons (Fsp3) is 0.516. The predicted octanol–water partition coefficient (Wildman–Crippen LogP) is 9.36. The van der Waals surface area contributed by atoms with E-state index in [0.717, 1.165) is 44.9 Å². The van der Waals surface area contributed by atoms with Gasteiger partial charge in [-0.3, -0.25) is 4.90 Å². The van der Waals surface area contributed by atoms with E-state index in [0.29, 0.717) is 0 Å². The Balaban J connectivity index is 0. The molecule has 1 saturated heterocycles. The fourth-order valence-corrected chi connectivity index (χ4v) is 4.10. The van der Waals surface area contributed by atoms with Crippen molar-refractivity contribution in [2.24, 2.45) is 5.16 Å². The highest BCUT2D eigenvalue weighted by molar-refractivity contribution is 7.17. The van der Waals surface area contributed by atoms with Gasteiger partial charge in [0.15, 0.2) is 0 Å². The number of benzene rings is 2. The van der Waals surface area contributed by atoms with Crippen LogP contribution in [0, 0.1) is 6.92 Å². The third kappa shape index (κ3) is 14.3. The van der Waals surface area contributed by atoms with E-state index in [1.165, 1.54) is 21.3 Å². The van der Waals surface area contributed by atoms with Crippen LogP contribution in [0.4, 0.5) is 5.69 Å². The number of anilines is 1. The van der Waals surface area contributed by atoms with Gasteiger partial charge in [-0.25, -0.2) is 0 Å². The van der Waals surface area contributed by atoms with E-state index in [1.54, 1.807) is 11.3 Å². The normalized spacial score (nSPS) is 12.6. The zero-order chi connectivity index (χ0) is 27.8. The Morgan fingerprint density at radius 1 is 0.833 bits per heavy atom. The summed E-state index contributed by atoms with van der Waals surface area (Å²) in [4.78, 5) is 4.84. The monoisotopic (exact) mass is 515 g/mol. The quantitative estimate of drug-likeness (QED) is 0.214. The molecule has 0 radical (unpaired) electrons. The molecule has 2 aromatic carbocycles. The summed E-state index contributed by atoms with van der Waals surface area (Å²) in [6.45, 7) is 25.3. The maximum absolute atomic E-state index is 8.62. The van der Waals surface area contributed by atoms with Crippen LogP contribution in [0.1, 0.15) is 74.3 Å². The van der Waals surface area contributed by atoms with Crippen LogP contribution < -0.4 is 4.90 Å². The second-order valence-electron chi connectivity index (χ2n) is 7.21. The third-order valence-corrected chi connectivity index (χ3v) is 5.96. The summed E-state index contributed by atoms with van der Waals surface area (Å²) in [5, 5.41) is 15.3. The van der Waals surface area contributed by atoms with Gasteiger partial charge < -0.3 is 10.1 Å². The van der Waals surface area contributed by atoms with Crippen molar-refractivity contribution in [2.75, 3.05) is 37.6 Å². The Labute approximate surface area is 226 Å². The van der Waals surface area contributed by atoms with E-state index in [-0.39, 0.29) is 0 Å². The Bertz CT molecular complexity index is 885. The summed E-state index contributed by atoms with van der Waals surface area (Å²) in [6, 6.07) is 19.3. The summed E-state index contributed by atoms with van der Waals surface area (Å²) < 4.78 is 1.38. The highest BCUT2D eigenvalue weighted by Crippen LogP contribution is 2.21. The largest absolute Gasteiger partial charge is 0.411 e. The molecule has 1 aromatic heterocycles. The molecule has 1 aliphatic heterocycles. The van der Waals surface area contributed by atoms with Crippen LogP contribution in [0.5, 0.6) is 0 Å². The van der Waals surface area contributed by atoms with Gasteiger partial charge in [0.1, 0.15) is 0 Å². The number of rotatable bonds is 4. The molecule has 4 nitrogen and oxygen atoms in total. The molecule has 3 aromatic rings. The molecule has 1 N–H and O–H groups in total. The second-order valence-corrected chi connectivity index (χ2v) is 8.16. The van der Waals surface area contributed by atoms with Gasteiger partial charge in [-0.1, -0.05) is 96.4 Å². The second kappa shape index (κ2) is 24.3. The number of hydrogen-bond acceptors (Lipinski definition) is 5. The molecule has 0 spiro atoms. The molecule has 5 heteroatoms. The highest BCUT2D eigenvalue weighted by atomic mass is 32.1. The Kier molecular flexibility index (Phi) is 24.2. The average Bonchev–Trinajstić information content (AvgIpc) is 3.45. The van der Waals surface area contributed by atoms with Crippen LogP contribution in [0.25, 0.3) is 10.1 Å². The summed E-state index contributed by atoms with van der Waals surface area (Å²) >= 11 is 1.80. The molecule has 204 valence electrons. The number of fused-ring (bicyclic) bond motifs is 1. The molecular weight excluding hydrogens is 462 g/mol. The van der Waals surface area contributed by atoms with Gasteiger partial charge in [0, 0.05) is 49.5 Å². The maximum Gasteiger partial charge on any atom is 0.0552 e. The minimum absolute atomic E-state index is 0.806.